The molecular weight excluding hydrogens is 222 g/mol. The first-order valence-corrected chi connectivity index (χ1v) is 6.24. The minimum atomic E-state index is -3.72. The van der Waals surface area contributed by atoms with Gasteiger partial charge in [-0.05, 0) is 13.3 Å². The van der Waals surface area contributed by atoms with Crippen LogP contribution in [-0.2, 0) is 19.6 Å². The van der Waals surface area contributed by atoms with Crippen molar-refractivity contribution < 1.29 is 23.1 Å². The highest BCUT2D eigenvalue weighted by Gasteiger charge is 2.35. The maximum Gasteiger partial charge on any atom is 0.320 e. The Bertz CT molecular complexity index is 339. The monoisotopic (exact) mass is 237 g/mol. The van der Waals surface area contributed by atoms with Gasteiger partial charge >= 0.3 is 5.97 Å². The summed E-state index contributed by atoms with van der Waals surface area (Å²) in [6, 6.07) is -0.255. The minimum absolute atomic E-state index is 0.182. The fraction of sp³-hybridized carbons (Fsp3) is 0.875. The molecule has 0 aromatic heterocycles. The molecule has 1 heterocycles. The van der Waals surface area contributed by atoms with Gasteiger partial charge in [0, 0.05) is 13.7 Å². The number of likely N-dealkylation sites (N-methyl/N-ethyl adjacent to an activating group) is 1. The van der Waals surface area contributed by atoms with E-state index < -0.39 is 21.7 Å². The normalized spacial score (nSPS) is 27.1. The van der Waals surface area contributed by atoms with Gasteiger partial charge in [0.2, 0.25) is 10.0 Å². The smallest absolute Gasteiger partial charge is 0.320 e. The fourth-order valence-electron chi connectivity index (χ4n) is 1.66. The molecule has 1 N–H and O–H groups in total. The molecule has 1 rings (SSSR count). The predicted octanol–water partition coefficient (Wildman–Crippen LogP) is -0.490. The summed E-state index contributed by atoms with van der Waals surface area (Å²) >= 11 is 0. The molecule has 2 unspecified atom stereocenters. The molecule has 88 valence electrons. The lowest BCUT2D eigenvalue weighted by molar-refractivity contribution is -0.134. The number of carboxylic acids is 1. The third-order valence-corrected chi connectivity index (χ3v) is 4.31. The van der Waals surface area contributed by atoms with Gasteiger partial charge in [0.05, 0.1) is 12.1 Å². The van der Waals surface area contributed by atoms with Gasteiger partial charge in [0.15, 0.2) is 5.75 Å². The molecular formula is C8H15NO5S. The standard InChI is InChI=1S/C8H15NO5S/c1-6-7(3-4-14-6)9(2)15(12,13)5-8(10)11/h6-7H,3-5H2,1-2H3,(H,10,11). The van der Waals surface area contributed by atoms with Gasteiger partial charge in [-0.25, -0.2) is 8.42 Å². The fourth-order valence-corrected chi connectivity index (χ4v) is 2.87. The third kappa shape index (κ3) is 2.90. The van der Waals surface area contributed by atoms with E-state index >= 15 is 0 Å². The Morgan fingerprint density at radius 1 is 1.60 bits per heavy atom. The van der Waals surface area contributed by atoms with E-state index in [-0.39, 0.29) is 12.1 Å². The Morgan fingerprint density at radius 3 is 2.60 bits per heavy atom. The molecule has 0 bridgehead atoms. The van der Waals surface area contributed by atoms with E-state index in [2.05, 4.69) is 0 Å². The molecule has 1 saturated heterocycles. The van der Waals surface area contributed by atoms with Crippen LogP contribution in [0.1, 0.15) is 13.3 Å². The predicted molar refractivity (Wildman–Crippen MR) is 53.0 cm³/mol. The second-order valence-corrected chi connectivity index (χ2v) is 5.63. The number of nitrogens with zero attached hydrogens (tertiary/aromatic N) is 1. The van der Waals surface area contributed by atoms with Crippen molar-refractivity contribution in [1.82, 2.24) is 4.31 Å². The summed E-state index contributed by atoms with van der Waals surface area (Å²) in [5.74, 6) is -2.21. The van der Waals surface area contributed by atoms with Gasteiger partial charge in [-0.1, -0.05) is 0 Å². The van der Waals surface area contributed by atoms with E-state index in [1.54, 1.807) is 6.92 Å². The van der Waals surface area contributed by atoms with Crippen LogP contribution >= 0.6 is 0 Å². The summed E-state index contributed by atoms with van der Waals surface area (Å²) in [6.45, 7) is 2.29. The van der Waals surface area contributed by atoms with E-state index in [1.165, 1.54) is 7.05 Å². The summed E-state index contributed by atoms with van der Waals surface area (Å²) in [4.78, 5) is 10.4. The Balaban J connectivity index is 2.74. The largest absolute Gasteiger partial charge is 0.480 e. The molecule has 0 spiro atoms. The molecule has 1 aliphatic rings. The zero-order valence-corrected chi connectivity index (χ0v) is 9.53. The highest BCUT2D eigenvalue weighted by atomic mass is 32.2. The van der Waals surface area contributed by atoms with E-state index in [9.17, 15) is 13.2 Å². The molecule has 2 atom stereocenters. The highest BCUT2D eigenvalue weighted by molar-refractivity contribution is 7.89. The molecule has 0 aliphatic carbocycles. The maximum absolute atomic E-state index is 11.6. The molecule has 6 nitrogen and oxygen atoms in total. The summed E-state index contributed by atoms with van der Waals surface area (Å²) in [5, 5.41) is 8.47. The van der Waals surface area contributed by atoms with Crippen molar-refractivity contribution in [2.24, 2.45) is 0 Å². The molecule has 0 saturated carbocycles. The first-order chi connectivity index (χ1) is 6.84. The number of ether oxygens (including phenoxy) is 1. The van der Waals surface area contributed by atoms with Gasteiger partial charge in [-0.2, -0.15) is 4.31 Å². The van der Waals surface area contributed by atoms with E-state index in [4.69, 9.17) is 9.84 Å². The highest BCUT2D eigenvalue weighted by Crippen LogP contribution is 2.20. The number of sulfonamides is 1. The molecule has 0 amide bonds. The van der Waals surface area contributed by atoms with E-state index in [1.807, 2.05) is 0 Å². The number of rotatable bonds is 4. The molecule has 15 heavy (non-hydrogen) atoms. The lowest BCUT2D eigenvalue weighted by Crippen LogP contribution is -2.43. The molecule has 0 aromatic rings. The zero-order valence-electron chi connectivity index (χ0n) is 8.71. The second kappa shape index (κ2) is 4.46. The number of hydrogen-bond donors (Lipinski definition) is 1. The number of carbonyl (C=O) groups is 1. The number of aliphatic carboxylic acids is 1. The Labute approximate surface area is 88.9 Å². The number of carboxylic acid groups (broad SMARTS) is 1. The quantitative estimate of drug-likeness (QED) is 0.713. The van der Waals surface area contributed by atoms with E-state index in [0.29, 0.717) is 13.0 Å². The second-order valence-electron chi connectivity index (χ2n) is 3.60. The van der Waals surface area contributed by atoms with Gasteiger partial charge in [0.25, 0.3) is 0 Å². The molecule has 1 aliphatic heterocycles. The SMILES string of the molecule is CC1OCCC1N(C)S(=O)(=O)CC(=O)O. The van der Waals surface area contributed by atoms with Gasteiger partial charge < -0.3 is 9.84 Å². The maximum atomic E-state index is 11.6. The summed E-state index contributed by atoms with van der Waals surface area (Å²) in [5.41, 5.74) is 0. The van der Waals surface area contributed by atoms with Crippen molar-refractivity contribution in [3.63, 3.8) is 0 Å². The van der Waals surface area contributed by atoms with Crippen LogP contribution < -0.4 is 0 Å². The van der Waals surface area contributed by atoms with Crippen molar-refractivity contribution in [3.05, 3.63) is 0 Å². The van der Waals surface area contributed by atoms with Crippen molar-refractivity contribution in [1.29, 1.82) is 0 Å². The van der Waals surface area contributed by atoms with Crippen LogP contribution in [0.15, 0.2) is 0 Å². The van der Waals surface area contributed by atoms with Gasteiger partial charge in [0.1, 0.15) is 0 Å². The lowest BCUT2D eigenvalue weighted by Gasteiger charge is -2.25. The topological polar surface area (TPSA) is 83.9 Å². The van der Waals surface area contributed by atoms with Crippen molar-refractivity contribution in [2.45, 2.75) is 25.5 Å². The van der Waals surface area contributed by atoms with Crippen LogP contribution in [0.4, 0.5) is 0 Å². The van der Waals surface area contributed by atoms with Crippen LogP contribution in [0.5, 0.6) is 0 Å². The molecule has 0 radical (unpaired) electrons. The average Bonchev–Trinajstić information content (AvgIpc) is 2.47. The summed E-state index contributed by atoms with van der Waals surface area (Å²) in [6.07, 6.45) is 0.426. The zero-order chi connectivity index (χ0) is 11.6. The summed E-state index contributed by atoms with van der Waals surface area (Å²) < 4.78 is 29.5. The Kier molecular flexibility index (Phi) is 3.69. The Hall–Kier alpha value is -0.660. The van der Waals surface area contributed by atoms with Gasteiger partial charge in [-0.15, -0.1) is 0 Å². The third-order valence-electron chi connectivity index (χ3n) is 2.55. The van der Waals surface area contributed by atoms with Crippen LogP contribution in [-0.4, -0.2) is 55.4 Å². The van der Waals surface area contributed by atoms with Crippen LogP contribution in [0, 0.1) is 0 Å². The molecule has 0 aromatic carbocycles. The first-order valence-electron chi connectivity index (χ1n) is 4.63. The van der Waals surface area contributed by atoms with Crippen molar-refractivity contribution in [3.8, 4) is 0 Å². The van der Waals surface area contributed by atoms with Gasteiger partial charge in [-0.3, -0.25) is 4.79 Å². The first kappa shape index (κ1) is 12.4. The van der Waals surface area contributed by atoms with Crippen LogP contribution in [0.25, 0.3) is 0 Å². The van der Waals surface area contributed by atoms with Crippen LogP contribution in [0.2, 0.25) is 0 Å². The van der Waals surface area contributed by atoms with Crippen LogP contribution in [0.3, 0.4) is 0 Å². The summed E-state index contributed by atoms with van der Waals surface area (Å²) in [7, 11) is -2.33. The Morgan fingerprint density at radius 2 is 2.20 bits per heavy atom. The molecule has 7 heteroatoms. The number of hydrogen-bond acceptors (Lipinski definition) is 4. The van der Waals surface area contributed by atoms with E-state index in [0.717, 1.165) is 4.31 Å². The minimum Gasteiger partial charge on any atom is -0.480 e. The van der Waals surface area contributed by atoms with Crippen molar-refractivity contribution >= 4 is 16.0 Å². The van der Waals surface area contributed by atoms with Crippen molar-refractivity contribution in [2.75, 3.05) is 19.4 Å². The average molecular weight is 237 g/mol. The lowest BCUT2D eigenvalue weighted by atomic mass is 10.2. The molecule has 1 fully saturated rings.